The zero-order chi connectivity index (χ0) is 17.3. The van der Waals surface area contributed by atoms with Gasteiger partial charge in [0.05, 0.1) is 0 Å². The lowest BCUT2D eigenvalue weighted by atomic mass is 10.0. The number of likely N-dealkylation sites (tertiary alicyclic amines) is 1. The molecule has 5 nitrogen and oxygen atoms in total. The first-order chi connectivity index (χ1) is 11.5. The van der Waals surface area contributed by atoms with Crippen LogP contribution in [0.4, 0.5) is 0 Å². The molecule has 0 saturated carbocycles. The van der Waals surface area contributed by atoms with Crippen LogP contribution in [0.1, 0.15) is 35.9 Å². The number of nitrogens with zero attached hydrogens (tertiary/aromatic N) is 1. The third-order valence-electron chi connectivity index (χ3n) is 4.42. The van der Waals surface area contributed by atoms with Gasteiger partial charge >= 0.3 is 5.97 Å². The van der Waals surface area contributed by atoms with Crippen molar-refractivity contribution in [3.05, 3.63) is 34.5 Å². The van der Waals surface area contributed by atoms with Gasteiger partial charge in [-0.3, -0.25) is 4.79 Å². The Kier molecular flexibility index (Phi) is 4.81. The Morgan fingerprint density at radius 2 is 2.21 bits per heavy atom. The second-order valence-electron chi connectivity index (χ2n) is 6.36. The number of furan rings is 1. The summed E-state index contributed by atoms with van der Waals surface area (Å²) in [7, 11) is 0. The van der Waals surface area contributed by atoms with E-state index >= 15 is 0 Å². The summed E-state index contributed by atoms with van der Waals surface area (Å²) in [4.78, 5) is 26.2. The molecule has 0 spiro atoms. The molecule has 1 atom stereocenters. The first-order valence-electron chi connectivity index (χ1n) is 8.09. The molecule has 0 unspecified atom stereocenters. The third kappa shape index (κ3) is 3.41. The van der Waals surface area contributed by atoms with E-state index in [1.54, 1.807) is 30.0 Å². The number of carbonyl (C=O) groups excluding carboxylic acids is 2. The molecule has 128 valence electrons. The van der Waals surface area contributed by atoms with Gasteiger partial charge in [0.15, 0.2) is 6.61 Å². The molecule has 1 aliphatic heterocycles. The number of hydrogen-bond acceptors (Lipinski definition) is 4. The van der Waals surface area contributed by atoms with E-state index in [0.29, 0.717) is 22.1 Å². The summed E-state index contributed by atoms with van der Waals surface area (Å²) in [6.45, 7) is 5.07. The minimum atomic E-state index is -0.627. The summed E-state index contributed by atoms with van der Waals surface area (Å²) in [5, 5.41) is 1.34. The van der Waals surface area contributed by atoms with Crippen LogP contribution in [-0.2, 0) is 9.53 Å². The molecule has 1 fully saturated rings. The third-order valence-corrected chi connectivity index (χ3v) is 4.66. The Morgan fingerprint density at radius 1 is 1.42 bits per heavy atom. The maximum Gasteiger partial charge on any atom is 0.375 e. The van der Waals surface area contributed by atoms with Gasteiger partial charge < -0.3 is 14.1 Å². The van der Waals surface area contributed by atoms with Gasteiger partial charge in [-0.2, -0.15) is 0 Å². The van der Waals surface area contributed by atoms with Gasteiger partial charge in [0.25, 0.3) is 5.91 Å². The smallest absolute Gasteiger partial charge is 0.375 e. The van der Waals surface area contributed by atoms with Crippen LogP contribution in [0, 0.1) is 12.8 Å². The monoisotopic (exact) mass is 349 g/mol. The van der Waals surface area contributed by atoms with E-state index in [2.05, 4.69) is 6.92 Å². The highest BCUT2D eigenvalue weighted by atomic mass is 35.5. The predicted molar refractivity (Wildman–Crippen MR) is 91.2 cm³/mol. The molecule has 3 rings (SSSR count). The summed E-state index contributed by atoms with van der Waals surface area (Å²) in [6, 6.07) is 5.15. The van der Waals surface area contributed by atoms with Crippen molar-refractivity contribution in [1.29, 1.82) is 0 Å². The summed E-state index contributed by atoms with van der Waals surface area (Å²) in [6.07, 6.45) is 2.12. The summed E-state index contributed by atoms with van der Waals surface area (Å²) >= 11 is 5.97. The summed E-state index contributed by atoms with van der Waals surface area (Å²) in [5.41, 5.74) is 1.23. The van der Waals surface area contributed by atoms with Gasteiger partial charge in [0, 0.05) is 29.1 Å². The zero-order valence-corrected chi connectivity index (χ0v) is 14.6. The number of carbonyl (C=O) groups is 2. The van der Waals surface area contributed by atoms with Gasteiger partial charge in [0.1, 0.15) is 5.58 Å². The highest BCUT2D eigenvalue weighted by Gasteiger charge is 2.24. The summed E-state index contributed by atoms with van der Waals surface area (Å²) < 4.78 is 10.7. The minimum Gasteiger partial charge on any atom is -0.450 e. The largest absolute Gasteiger partial charge is 0.450 e. The minimum absolute atomic E-state index is 0.118. The number of ether oxygens (including phenoxy) is 1. The van der Waals surface area contributed by atoms with Gasteiger partial charge in [-0.05, 0) is 43.9 Å². The number of hydrogen-bond donors (Lipinski definition) is 0. The Bertz CT molecular complexity index is 783. The molecule has 1 saturated heterocycles. The van der Waals surface area contributed by atoms with Crippen LogP contribution in [0.5, 0.6) is 0 Å². The lowest BCUT2D eigenvalue weighted by Gasteiger charge is -2.30. The fraction of sp³-hybridized carbons (Fsp3) is 0.444. The SMILES string of the molecule is Cc1c(C(=O)OCC(=O)N2CCC[C@@H](C)C2)oc2ccc(Cl)cc12. The van der Waals surface area contributed by atoms with Crippen molar-refractivity contribution < 1.29 is 18.7 Å². The van der Waals surface area contributed by atoms with Crippen LogP contribution >= 0.6 is 11.6 Å². The molecule has 1 aromatic carbocycles. The van der Waals surface area contributed by atoms with Gasteiger partial charge in [0.2, 0.25) is 5.76 Å². The zero-order valence-electron chi connectivity index (χ0n) is 13.8. The Balaban J connectivity index is 1.67. The van der Waals surface area contributed by atoms with Crippen molar-refractivity contribution in [1.82, 2.24) is 4.90 Å². The van der Waals surface area contributed by atoms with E-state index in [-0.39, 0.29) is 18.3 Å². The normalized spacial score (nSPS) is 18.0. The molecule has 0 aliphatic carbocycles. The maximum atomic E-state index is 12.3. The van der Waals surface area contributed by atoms with Gasteiger partial charge in [-0.25, -0.2) is 4.79 Å². The second-order valence-corrected chi connectivity index (χ2v) is 6.80. The van der Waals surface area contributed by atoms with Crippen molar-refractivity contribution in [2.45, 2.75) is 26.7 Å². The highest BCUT2D eigenvalue weighted by molar-refractivity contribution is 6.31. The van der Waals surface area contributed by atoms with E-state index in [4.69, 9.17) is 20.8 Å². The lowest BCUT2D eigenvalue weighted by molar-refractivity contribution is -0.136. The van der Waals surface area contributed by atoms with Crippen LogP contribution in [0.15, 0.2) is 22.6 Å². The van der Waals surface area contributed by atoms with E-state index in [0.717, 1.165) is 31.3 Å². The molecule has 6 heteroatoms. The van der Waals surface area contributed by atoms with Crippen molar-refractivity contribution in [2.75, 3.05) is 19.7 Å². The molecule has 1 amide bonds. The fourth-order valence-corrected chi connectivity index (χ4v) is 3.26. The van der Waals surface area contributed by atoms with E-state index < -0.39 is 5.97 Å². The second kappa shape index (κ2) is 6.85. The lowest BCUT2D eigenvalue weighted by Crippen LogP contribution is -2.41. The number of halogens is 1. The topological polar surface area (TPSA) is 59.8 Å². The Morgan fingerprint density at radius 3 is 2.96 bits per heavy atom. The molecule has 1 aliphatic rings. The van der Waals surface area contributed by atoms with Gasteiger partial charge in [-0.15, -0.1) is 0 Å². The number of esters is 1. The number of benzene rings is 1. The molecule has 1 aromatic heterocycles. The average molecular weight is 350 g/mol. The number of piperidine rings is 1. The van der Waals surface area contributed by atoms with Crippen molar-refractivity contribution >= 4 is 34.4 Å². The molecule has 0 N–H and O–H groups in total. The molecular formula is C18H20ClNO4. The first kappa shape index (κ1) is 16.8. The highest BCUT2D eigenvalue weighted by Crippen LogP contribution is 2.28. The fourth-order valence-electron chi connectivity index (χ4n) is 3.09. The molecule has 0 radical (unpaired) electrons. The average Bonchev–Trinajstić information content (AvgIpc) is 2.89. The number of rotatable bonds is 3. The van der Waals surface area contributed by atoms with Crippen LogP contribution in [-0.4, -0.2) is 36.5 Å². The van der Waals surface area contributed by atoms with Crippen molar-refractivity contribution in [3.63, 3.8) is 0 Å². The Labute approximate surface area is 145 Å². The summed E-state index contributed by atoms with van der Waals surface area (Å²) in [5.74, 6) is -0.183. The number of aryl methyl sites for hydroxylation is 1. The molecule has 2 heterocycles. The first-order valence-corrected chi connectivity index (χ1v) is 8.47. The Hall–Kier alpha value is -2.01. The standard InChI is InChI=1S/C18H20ClNO4/c1-11-4-3-7-20(9-11)16(21)10-23-18(22)17-12(2)14-8-13(19)5-6-15(14)24-17/h5-6,8,11H,3-4,7,9-10H2,1-2H3/t11-/m1/s1. The predicted octanol–water partition coefficient (Wildman–Crippen LogP) is 3.81. The molecule has 2 aromatic rings. The number of amides is 1. The van der Waals surface area contributed by atoms with E-state index in [1.165, 1.54) is 0 Å². The van der Waals surface area contributed by atoms with E-state index in [1.807, 2.05) is 0 Å². The maximum absolute atomic E-state index is 12.3. The van der Waals surface area contributed by atoms with Crippen LogP contribution in [0.25, 0.3) is 11.0 Å². The molecule has 24 heavy (non-hydrogen) atoms. The van der Waals surface area contributed by atoms with Crippen LogP contribution < -0.4 is 0 Å². The van der Waals surface area contributed by atoms with Crippen LogP contribution in [0.2, 0.25) is 5.02 Å². The number of fused-ring (bicyclic) bond motifs is 1. The molecular weight excluding hydrogens is 330 g/mol. The quantitative estimate of drug-likeness (QED) is 0.790. The van der Waals surface area contributed by atoms with Gasteiger partial charge in [-0.1, -0.05) is 18.5 Å². The van der Waals surface area contributed by atoms with Crippen molar-refractivity contribution in [3.8, 4) is 0 Å². The van der Waals surface area contributed by atoms with Crippen molar-refractivity contribution in [2.24, 2.45) is 5.92 Å². The van der Waals surface area contributed by atoms with E-state index in [9.17, 15) is 9.59 Å². The van der Waals surface area contributed by atoms with Crippen LogP contribution in [0.3, 0.4) is 0 Å². The molecule has 0 bridgehead atoms.